The lowest BCUT2D eigenvalue weighted by atomic mass is 10.00. The smallest absolute Gasteiger partial charge is 0.410 e. The number of carboxylic acids is 1. The van der Waals surface area contributed by atoms with Gasteiger partial charge in [-0.15, -0.1) is 0 Å². The summed E-state index contributed by atoms with van der Waals surface area (Å²) in [6.45, 7) is 5.57. The monoisotopic (exact) mass is 348 g/mol. The van der Waals surface area contributed by atoms with Gasteiger partial charge in [0.05, 0.1) is 0 Å². The fourth-order valence-electron chi connectivity index (χ4n) is 3.64. The van der Waals surface area contributed by atoms with E-state index in [4.69, 9.17) is 9.47 Å². The first-order valence-corrected chi connectivity index (χ1v) is 8.61. The first kappa shape index (κ1) is 17.5. The van der Waals surface area contributed by atoms with Gasteiger partial charge in [0.15, 0.2) is 0 Å². The topological polar surface area (TPSA) is 89.0 Å². The Morgan fingerprint density at radius 3 is 2.44 bits per heavy atom. The van der Waals surface area contributed by atoms with Crippen molar-refractivity contribution in [3.8, 4) is 5.88 Å². The van der Waals surface area contributed by atoms with Crippen LogP contribution in [0.25, 0.3) is 0 Å². The minimum absolute atomic E-state index is 0.0596. The fraction of sp³-hybridized carbons (Fsp3) is 0.611. The van der Waals surface area contributed by atoms with E-state index in [0.717, 1.165) is 12.8 Å². The molecule has 3 heterocycles. The number of carboxylic acid groups (broad SMARTS) is 1. The molecule has 0 aromatic carbocycles. The number of aromatic carboxylic acids is 1. The summed E-state index contributed by atoms with van der Waals surface area (Å²) in [5.41, 5.74) is -0.460. The Balaban J connectivity index is 1.68. The molecule has 1 aromatic rings. The summed E-state index contributed by atoms with van der Waals surface area (Å²) in [5.74, 6) is -0.914. The number of fused-ring (bicyclic) bond motifs is 2. The highest BCUT2D eigenvalue weighted by Gasteiger charge is 2.45. The van der Waals surface area contributed by atoms with Gasteiger partial charge in [-0.05, 0) is 45.7 Å². The number of aromatic nitrogens is 1. The predicted molar refractivity (Wildman–Crippen MR) is 89.7 cm³/mol. The largest absolute Gasteiger partial charge is 0.477 e. The highest BCUT2D eigenvalue weighted by Crippen LogP contribution is 2.38. The van der Waals surface area contributed by atoms with Gasteiger partial charge in [-0.1, -0.05) is 0 Å². The summed E-state index contributed by atoms with van der Waals surface area (Å²) in [6.07, 6.45) is 4.24. The van der Waals surface area contributed by atoms with E-state index < -0.39 is 11.6 Å². The van der Waals surface area contributed by atoms with E-state index >= 15 is 0 Å². The van der Waals surface area contributed by atoms with Crippen LogP contribution in [0.5, 0.6) is 5.88 Å². The van der Waals surface area contributed by atoms with Gasteiger partial charge >= 0.3 is 12.1 Å². The third-order valence-corrected chi connectivity index (χ3v) is 4.57. The molecule has 2 fully saturated rings. The van der Waals surface area contributed by atoms with Gasteiger partial charge in [0, 0.05) is 31.1 Å². The van der Waals surface area contributed by atoms with Crippen molar-refractivity contribution in [1.82, 2.24) is 9.88 Å². The molecule has 0 spiro atoms. The van der Waals surface area contributed by atoms with Crippen molar-refractivity contribution < 1.29 is 24.2 Å². The molecule has 2 aliphatic heterocycles. The number of carbonyl (C=O) groups excluding carboxylic acids is 1. The highest BCUT2D eigenvalue weighted by atomic mass is 16.6. The minimum Gasteiger partial charge on any atom is -0.477 e. The van der Waals surface area contributed by atoms with Crippen molar-refractivity contribution in [3.63, 3.8) is 0 Å². The van der Waals surface area contributed by atoms with Crippen LogP contribution in [0.4, 0.5) is 4.79 Å². The molecule has 0 unspecified atom stereocenters. The summed E-state index contributed by atoms with van der Waals surface area (Å²) in [6, 6.07) is 3.19. The average molecular weight is 348 g/mol. The molecule has 2 bridgehead atoms. The molecule has 136 valence electrons. The Hall–Kier alpha value is -2.31. The van der Waals surface area contributed by atoms with Gasteiger partial charge < -0.3 is 19.5 Å². The molecule has 0 aliphatic carbocycles. The summed E-state index contributed by atoms with van der Waals surface area (Å²) < 4.78 is 11.4. The lowest BCUT2D eigenvalue weighted by molar-refractivity contribution is -0.00768. The number of ether oxygens (including phenoxy) is 2. The number of piperidine rings is 1. The van der Waals surface area contributed by atoms with Crippen LogP contribution >= 0.6 is 0 Å². The first-order chi connectivity index (χ1) is 11.7. The molecule has 7 heteroatoms. The van der Waals surface area contributed by atoms with Crippen LogP contribution in [-0.2, 0) is 4.74 Å². The first-order valence-electron chi connectivity index (χ1n) is 8.61. The molecule has 1 amide bonds. The zero-order valence-electron chi connectivity index (χ0n) is 14.8. The van der Waals surface area contributed by atoms with Gasteiger partial charge in [0.1, 0.15) is 17.3 Å². The average Bonchev–Trinajstić information content (AvgIpc) is 2.78. The van der Waals surface area contributed by atoms with E-state index in [-0.39, 0.29) is 35.7 Å². The minimum atomic E-state index is -1.06. The summed E-state index contributed by atoms with van der Waals surface area (Å²) >= 11 is 0. The van der Waals surface area contributed by atoms with Crippen LogP contribution < -0.4 is 4.74 Å². The molecule has 0 radical (unpaired) electrons. The van der Waals surface area contributed by atoms with Crippen LogP contribution in [-0.4, -0.2) is 50.8 Å². The molecule has 1 aromatic heterocycles. The second-order valence-corrected chi connectivity index (χ2v) is 7.65. The number of hydrogen-bond acceptors (Lipinski definition) is 5. The number of amides is 1. The van der Waals surface area contributed by atoms with Crippen LogP contribution in [0, 0.1) is 0 Å². The fourth-order valence-corrected chi connectivity index (χ4v) is 3.64. The van der Waals surface area contributed by atoms with Gasteiger partial charge in [-0.2, -0.15) is 0 Å². The third-order valence-electron chi connectivity index (χ3n) is 4.57. The molecule has 0 saturated carbocycles. The molecular formula is C18H24N2O5. The zero-order chi connectivity index (χ0) is 18.2. The lowest BCUT2D eigenvalue weighted by Crippen LogP contribution is -2.50. The summed E-state index contributed by atoms with van der Waals surface area (Å²) in [5, 5.41) is 9.25. The van der Waals surface area contributed by atoms with Gasteiger partial charge in [-0.3, -0.25) is 0 Å². The molecule has 25 heavy (non-hydrogen) atoms. The standard InChI is InChI=1S/C18H24N2O5/c1-18(2,3)25-17(23)20-11-6-7-12(20)10-13(9-11)24-15-14(16(21)22)5-4-8-19-15/h4-5,8,11-13H,6-7,9-10H2,1-3H3,(H,21,22)/t11-,12+,13+. The predicted octanol–water partition coefficient (Wildman–Crippen LogP) is 3.09. The Morgan fingerprint density at radius 1 is 1.24 bits per heavy atom. The molecule has 3 atom stereocenters. The quantitative estimate of drug-likeness (QED) is 0.903. The van der Waals surface area contributed by atoms with Crippen molar-refractivity contribution in [1.29, 1.82) is 0 Å². The maximum Gasteiger partial charge on any atom is 0.410 e. The van der Waals surface area contributed by atoms with E-state index in [1.807, 2.05) is 25.7 Å². The van der Waals surface area contributed by atoms with E-state index in [2.05, 4.69) is 4.98 Å². The van der Waals surface area contributed by atoms with Crippen LogP contribution in [0.2, 0.25) is 0 Å². The molecular weight excluding hydrogens is 324 g/mol. The number of hydrogen-bond donors (Lipinski definition) is 1. The second kappa shape index (κ2) is 6.54. The molecule has 2 aliphatic rings. The lowest BCUT2D eigenvalue weighted by Gasteiger charge is -2.39. The van der Waals surface area contributed by atoms with Crippen molar-refractivity contribution in [2.45, 2.75) is 70.2 Å². The molecule has 7 nitrogen and oxygen atoms in total. The molecule has 3 rings (SSSR count). The molecule has 1 N–H and O–H groups in total. The Morgan fingerprint density at radius 2 is 1.88 bits per heavy atom. The Bertz CT molecular complexity index is 656. The van der Waals surface area contributed by atoms with Crippen molar-refractivity contribution in [2.24, 2.45) is 0 Å². The Kier molecular flexibility index (Phi) is 4.58. The van der Waals surface area contributed by atoms with Gasteiger partial charge in [-0.25, -0.2) is 14.6 Å². The van der Waals surface area contributed by atoms with E-state index in [1.54, 1.807) is 6.07 Å². The van der Waals surface area contributed by atoms with Gasteiger partial charge in [0.2, 0.25) is 5.88 Å². The number of pyridine rings is 1. The van der Waals surface area contributed by atoms with Crippen molar-refractivity contribution in [3.05, 3.63) is 23.9 Å². The SMILES string of the molecule is CC(C)(C)OC(=O)N1[C@@H]2CC[C@H]1C[C@@H](Oc1ncccc1C(=O)O)C2. The van der Waals surface area contributed by atoms with E-state index in [9.17, 15) is 14.7 Å². The highest BCUT2D eigenvalue weighted by molar-refractivity contribution is 5.90. The third kappa shape index (κ3) is 3.86. The zero-order valence-corrected chi connectivity index (χ0v) is 14.8. The van der Waals surface area contributed by atoms with Crippen LogP contribution in [0.1, 0.15) is 56.8 Å². The van der Waals surface area contributed by atoms with E-state index in [1.165, 1.54) is 12.3 Å². The van der Waals surface area contributed by atoms with Crippen LogP contribution in [0.3, 0.4) is 0 Å². The molecule has 2 saturated heterocycles. The summed E-state index contributed by atoms with van der Waals surface area (Å²) in [4.78, 5) is 29.6. The summed E-state index contributed by atoms with van der Waals surface area (Å²) in [7, 11) is 0. The number of rotatable bonds is 3. The number of carbonyl (C=O) groups is 2. The van der Waals surface area contributed by atoms with Crippen molar-refractivity contribution >= 4 is 12.1 Å². The maximum absolute atomic E-state index is 12.5. The second-order valence-electron chi connectivity index (χ2n) is 7.65. The van der Waals surface area contributed by atoms with E-state index in [0.29, 0.717) is 12.8 Å². The number of nitrogens with zero attached hydrogens (tertiary/aromatic N) is 2. The van der Waals surface area contributed by atoms with Gasteiger partial charge in [0.25, 0.3) is 0 Å². The Labute approximate surface area is 146 Å². The van der Waals surface area contributed by atoms with Crippen molar-refractivity contribution in [2.75, 3.05) is 0 Å². The van der Waals surface area contributed by atoms with Crippen LogP contribution in [0.15, 0.2) is 18.3 Å². The maximum atomic E-state index is 12.5. The normalized spacial score (nSPS) is 25.6.